The van der Waals surface area contributed by atoms with Crippen LogP contribution in [0.25, 0.3) is 0 Å². The first-order valence-corrected chi connectivity index (χ1v) is 7.67. The fourth-order valence-electron chi connectivity index (χ4n) is 3.44. The second kappa shape index (κ2) is 5.13. The SMILES string of the molecule is CC(C)NCC1(CCOC(C)(C)C)CC2CC2C1. The molecule has 0 aromatic rings. The van der Waals surface area contributed by atoms with Crippen molar-refractivity contribution in [1.82, 2.24) is 5.32 Å². The third-order valence-corrected chi connectivity index (χ3v) is 4.51. The summed E-state index contributed by atoms with van der Waals surface area (Å²) in [6.45, 7) is 13.0. The summed E-state index contributed by atoms with van der Waals surface area (Å²) in [5.74, 6) is 2.10. The molecular weight excluding hydrogens is 222 g/mol. The summed E-state index contributed by atoms with van der Waals surface area (Å²) in [6.07, 6.45) is 5.61. The highest BCUT2D eigenvalue weighted by Crippen LogP contribution is 2.60. The van der Waals surface area contributed by atoms with Gasteiger partial charge in [-0.05, 0) is 63.7 Å². The highest BCUT2D eigenvalue weighted by atomic mass is 16.5. The van der Waals surface area contributed by atoms with Crippen molar-refractivity contribution in [3.05, 3.63) is 0 Å². The van der Waals surface area contributed by atoms with Crippen molar-refractivity contribution in [3.8, 4) is 0 Å². The van der Waals surface area contributed by atoms with E-state index < -0.39 is 0 Å². The normalized spacial score (nSPS) is 35.0. The lowest BCUT2D eigenvalue weighted by Gasteiger charge is -2.33. The maximum atomic E-state index is 5.95. The molecule has 2 heteroatoms. The molecule has 2 unspecified atom stereocenters. The molecule has 18 heavy (non-hydrogen) atoms. The van der Waals surface area contributed by atoms with E-state index in [4.69, 9.17) is 4.74 Å². The molecule has 0 saturated heterocycles. The predicted octanol–water partition coefficient (Wildman–Crippen LogP) is 3.61. The first kappa shape index (κ1) is 14.3. The van der Waals surface area contributed by atoms with E-state index in [1.165, 1.54) is 32.2 Å². The van der Waals surface area contributed by atoms with E-state index in [2.05, 4.69) is 39.9 Å². The topological polar surface area (TPSA) is 21.3 Å². The van der Waals surface area contributed by atoms with Crippen molar-refractivity contribution in [3.63, 3.8) is 0 Å². The van der Waals surface area contributed by atoms with Crippen molar-refractivity contribution in [2.75, 3.05) is 13.2 Å². The van der Waals surface area contributed by atoms with Crippen molar-refractivity contribution in [2.45, 2.75) is 71.9 Å². The van der Waals surface area contributed by atoms with Gasteiger partial charge < -0.3 is 10.1 Å². The summed E-state index contributed by atoms with van der Waals surface area (Å²) in [5, 5.41) is 3.66. The van der Waals surface area contributed by atoms with Gasteiger partial charge in [-0.3, -0.25) is 0 Å². The first-order chi connectivity index (χ1) is 8.30. The quantitative estimate of drug-likeness (QED) is 0.781. The van der Waals surface area contributed by atoms with E-state index in [9.17, 15) is 0 Å². The van der Waals surface area contributed by atoms with Crippen LogP contribution in [0.1, 0.15) is 60.3 Å². The first-order valence-electron chi connectivity index (χ1n) is 7.67. The average molecular weight is 253 g/mol. The van der Waals surface area contributed by atoms with Gasteiger partial charge in [0.05, 0.1) is 5.60 Å². The van der Waals surface area contributed by atoms with E-state index in [1.807, 2.05) is 0 Å². The van der Waals surface area contributed by atoms with Crippen LogP contribution in [-0.2, 0) is 4.74 Å². The molecule has 0 spiro atoms. The van der Waals surface area contributed by atoms with Crippen LogP contribution in [0, 0.1) is 17.3 Å². The van der Waals surface area contributed by atoms with Crippen LogP contribution in [0.2, 0.25) is 0 Å². The maximum Gasteiger partial charge on any atom is 0.0598 e. The number of nitrogens with one attached hydrogen (secondary N) is 1. The minimum Gasteiger partial charge on any atom is -0.376 e. The van der Waals surface area contributed by atoms with Gasteiger partial charge >= 0.3 is 0 Å². The molecule has 0 heterocycles. The van der Waals surface area contributed by atoms with Gasteiger partial charge in [-0.1, -0.05) is 13.8 Å². The Hall–Kier alpha value is -0.0800. The summed E-state index contributed by atoms with van der Waals surface area (Å²) >= 11 is 0. The zero-order valence-electron chi connectivity index (χ0n) is 12.9. The van der Waals surface area contributed by atoms with Gasteiger partial charge in [0, 0.05) is 19.2 Å². The number of rotatable bonds is 6. The van der Waals surface area contributed by atoms with Crippen molar-refractivity contribution in [1.29, 1.82) is 0 Å². The third-order valence-electron chi connectivity index (χ3n) is 4.51. The van der Waals surface area contributed by atoms with E-state index in [0.717, 1.165) is 18.4 Å². The third kappa shape index (κ3) is 3.96. The zero-order valence-corrected chi connectivity index (χ0v) is 12.9. The Morgan fingerprint density at radius 3 is 2.33 bits per heavy atom. The van der Waals surface area contributed by atoms with Gasteiger partial charge in [0.15, 0.2) is 0 Å². The Morgan fingerprint density at radius 1 is 1.22 bits per heavy atom. The Kier molecular flexibility index (Phi) is 4.08. The molecule has 2 rings (SSSR count). The Morgan fingerprint density at radius 2 is 1.83 bits per heavy atom. The molecule has 2 nitrogen and oxygen atoms in total. The molecule has 0 radical (unpaired) electrons. The molecule has 0 bridgehead atoms. The van der Waals surface area contributed by atoms with Crippen molar-refractivity contribution < 1.29 is 4.74 Å². The Labute approximate surface area is 113 Å². The van der Waals surface area contributed by atoms with Crippen LogP contribution in [0.4, 0.5) is 0 Å². The molecular formula is C16H31NO. The fourth-order valence-corrected chi connectivity index (χ4v) is 3.44. The maximum absolute atomic E-state index is 5.95. The number of hydrogen-bond acceptors (Lipinski definition) is 2. The monoisotopic (exact) mass is 253 g/mol. The van der Waals surface area contributed by atoms with E-state index in [-0.39, 0.29) is 5.60 Å². The van der Waals surface area contributed by atoms with Gasteiger partial charge in [-0.15, -0.1) is 0 Å². The number of hydrogen-bond donors (Lipinski definition) is 1. The van der Waals surface area contributed by atoms with Gasteiger partial charge in [0.2, 0.25) is 0 Å². The summed E-state index contributed by atoms with van der Waals surface area (Å²) in [5.41, 5.74) is 0.539. The molecule has 106 valence electrons. The zero-order chi connectivity index (χ0) is 13.4. The second-order valence-corrected chi connectivity index (χ2v) is 7.91. The number of ether oxygens (including phenoxy) is 1. The van der Waals surface area contributed by atoms with E-state index in [0.29, 0.717) is 11.5 Å². The molecule has 2 atom stereocenters. The van der Waals surface area contributed by atoms with Crippen LogP contribution >= 0.6 is 0 Å². The van der Waals surface area contributed by atoms with Crippen LogP contribution in [-0.4, -0.2) is 24.8 Å². The molecule has 0 amide bonds. The summed E-state index contributed by atoms with van der Waals surface area (Å²) in [6, 6.07) is 0.599. The van der Waals surface area contributed by atoms with Crippen LogP contribution in [0.3, 0.4) is 0 Å². The van der Waals surface area contributed by atoms with Gasteiger partial charge in [-0.2, -0.15) is 0 Å². The average Bonchev–Trinajstić information content (AvgIpc) is 2.83. The molecule has 0 aromatic heterocycles. The lowest BCUT2D eigenvalue weighted by Crippen LogP contribution is -2.38. The molecule has 2 aliphatic carbocycles. The largest absolute Gasteiger partial charge is 0.376 e. The van der Waals surface area contributed by atoms with Crippen LogP contribution < -0.4 is 5.32 Å². The van der Waals surface area contributed by atoms with E-state index in [1.54, 1.807) is 0 Å². The molecule has 0 aromatic carbocycles. The molecule has 1 N–H and O–H groups in total. The standard InChI is InChI=1S/C16H31NO/c1-12(2)17-11-16(6-7-18-15(3,4)5)9-13-8-14(13)10-16/h12-14,17H,6-11H2,1-5H3. The highest BCUT2D eigenvalue weighted by Gasteiger charge is 2.53. The van der Waals surface area contributed by atoms with Crippen LogP contribution in [0.15, 0.2) is 0 Å². The Bertz CT molecular complexity index is 269. The second-order valence-electron chi connectivity index (χ2n) is 7.91. The number of fused-ring (bicyclic) bond motifs is 1. The van der Waals surface area contributed by atoms with E-state index >= 15 is 0 Å². The lowest BCUT2D eigenvalue weighted by molar-refractivity contribution is -0.0198. The predicted molar refractivity (Wildman–Crippen MR) is 76.7 cm³/mol. The smallest absolute Gasteiger partial charge is 0.0598 e. The fraction of sp³-hybridized carbons (Fsp3) is 1.00. The minimum absolute atomic E-state index is 0.00813. The minimum atomic E-state index is 0.00813. The summed E-state index contributed by atoms with van der Waals surface area (Å²) in [4.78, 5) is 0. The van der Waals surface area contributed by atoms with Crippen molar-refractivity contribution >= 4 is 0 Å². The molecule has 2 fully saturated rings. The summed E-state index contributed by atoms with van der Waals surface area (Å²) < 4.78 is 5.95. The van der Waals surface area contributed by atoms with Gasteiger partial charge in [0.25, 0.3) is 0 Å². The molecule has 0 aliphatic heterocycles. The summed E-state index contributed by atoms with van der Waals surface area (Å²) in [7, 11) is 0. The lowest BCUT2D eigenvalue weighted by atomic mass is 9.79. The van der Waals surface area contributed by atoms with Gasteiger partial charge in [0.1, 0.15) is 0 Å². The highest BCUT2D eigenvalue weighted by molar-refractivity contribution is 5.04. The molecule has 2 saturated carbocycles. The van der Waals surface area contributed by atoms with Crippen molar-refractivity contribution in [2.24, 2.45) is 17.3 Å². The van der Waals surface area contributed by atoms with Crippen LogP contribution in [0.5, 0.6) is 0 Å². The Balaban J connectivity index is 1.81. The van der Waals surface area contributed by atoms with Gasteiger partial charge in [-0.25, -0.2) is 0 Å². The molecule has 2 aliphatic rings.